The van der Waals surface area contributed by atoms with Crippen LogP contribution < -0.4 is 11.5 Å². The highest BCUT2D eigenvalue weighted by Crippen LogP contribution is 2.61. The van der Waals surface area contributed by atoms with Gasteiger partial charge in [0.15, 0.2) is 5.66 Å². The fraction of sp³-hybridized carbons (Fsp3) is 0.882. The first-order valence-electron chi connectivity index (χ1n) is 8.98. The van der Waals surface area contributed by atoms with Gasteiger partial charge in [-0.15, -0.1) is 0 Å². The Morgan fingerprint density at radius 3 is 2.17 bits per heavy atom. The lowest BCUT2D eigenvalue weighted by Gasteiger charge is -2.57. The zero-order valence-electron chi connectivity index (χ0n) is 14.3. The fourth-order valence-corrected chi connectivity index (χ4v) is 5.97. The van der Waals surface area contributed by atoms with Gasteiger partial charge < -0.3 is 11.5 Å². The van der Waals surface area contributed by atoms with Crippen molar-refractivity contribution < 1.29 is 4.84 Å². The molecule has 1 heterocycles. The summed E-state index contributed by atoms with van der Waals surface area (Å²) in [5, 5.41) is 1.61. The van der Waals surface area contributed by atoms with E-state index in [-0.39, 0.29) is 5.96 Å². The molecule has 0 aromatic rings. The standard InChI is InChI=1S/C17H29N5O/c1-16(2)21-14(18)20-15(19)22(16)23-4-3-17-8-11-5-12(9-17)7-13(6-11)10-17/h11-13H,3-10H2,1-2H3,(H4,18,19,20,21). The average molecular weight is 319 g/mol. The van der Waals surface area contributed by atoms with E-state index in [1.54, 1.807) is 5.06 Å². The molecular formula is C17H29N5O. The van der Waals surface area contributed by atoms with Crippen molar-refractivity contribution in [3.8, 4) is 0 Å². The van der Waals surface area contributed by atoms with Crippen molar-refractivity contribution in [1.82, 2.24) is 5.06 Å². The van der Waals surface area contributed by atoms with E-state index in [4.69, 9.17) is 16.3 Å². The molecule has 0 saturated heterocycles. The molecule has 4 aliphatic carbocycles. The Hall–Kier alpha value is -1.30. The SMILES string of the molecule is CC1(C)N=C(N)N=C(N)N1OCCC12CC3CC(CC(C3)C1)C2. The quantitative estimate of drug-likeness (QED) is 0.831. The van der Waals surface area contributed by atoms with Crippen molar-refractivity contribution >= 4 is 11.9 Å². The highest BCUT2D eigenvalue weighted by Gasteiger charge is 2.50. The van der Waals surface area contributed by atoms with Crippen LogP contribution in [0.4, 0.5) is 0 Å². The summed E-state index contributed by atoms with van der Waals surface area (Å²) in [6.07, 6.45) is 9.77. The van der Waals surface area contributed by atoms with Crippen molar-refractivity contribution in [2.24, 2.45) is 44.6 Å². The van der Waals surface area contributed by atoms with Gasteiger partial charge in [-0.1, -0.05) is 0 Å². The van der Waals surface area contributed by atoms with Crippen LogP contribution in [0.2, 0.25) is 0 Å². The maximum atomic E-state index is 6.01. The second-order valence-corrected chi connectivity index (χ2v) is 8.73. The van der Waals surface area contributed by atoms with Gasteiger partial charge in [0.05, 0.1) is 6.61 Å². The maximum Gasteiger partial charge on any atom is 0.226 e. The van der Waals surface area contributed by atoms with Crippen molar-refractivity contribution in [1.29, 1.82) is 0 Å². The van der Waals surface area contributed by atoms with E-state index < -0.39 is 5.66 Å². The van der Waals surface area contributed by atoms with Crippen molar-refractivity contribution in [2.75, 3.05) is 6.61 Å². The molecule has 0 amide bonds. The van der Waals surface area contributed by atoms with Crippen LogP contribution in [-0.2, 0) is 4.84 Å². The molecule has 0 radical (unpaired) electrons. The van der Waals surface area contributed by atoms with Crippen molar-refractivity contribution in [3.05, 3.63) is 0 Å². The van der Waals surface area contributed by atoms with E-state index in [0.29, 0.717) is 18.0 Å². The first-order chi connectivity index (χ1) is 10.9. The van der Waals surface area contributed by atoms with Crippen LogP contribution >= 0.6 is 0 Å². The van der Waals surface area contributed by atoms with Crippen molar-refractivity contribution in [2.45, 2.75) is 64.5 Å². The summed E-state index contributed by atoms with van der Waals surface area (Å²) in [5.74, 6) is 3.44. The fourth-order valence-electron chi connectivity index (χ4n) is 5.97. The molecule has 0 atom stereocenters. The topological polar surface area (TPSA) is 89.2 Å². The Morgan fingerprint density at radius 2 is 1.65 bits per heavy atom. The van der Waals surface area contributed by atoms with Gasteiger partial charge in [-0.05, 0) is 82.0 Å². The zero-order chi connectivity index (χ0) is 16.2. The van der Waals surface area contributed by atoms with Gasteiger partial charge in [0, 0.05) is 0 Å². The monoisotopic (exact) mass is 319 g/mol. The predicted molar refractivity (Wildman–Crippen MR) is 90.3 cm³/mol. The molecule has 4 bridgehead atoms. The lowest BCUT2D eigenvalue weighted by molar-refractivity contribution is -0.171. The lowest BCUT2D eigenvalue weighted by Crippen LogP contribution is -2.54. The first kappa shape index (κ1) is 15.2. The van der Waals surface area contributed by atoms with Crippen LogP contribution in [0.3, 0.4) is 0 Å². The van der Waals surface area contributed by atoms with Crippen LogP contribution in [0.5, 0.6) is 0 Å². The minimum Gasteiger partial charge on any atom is -0.368 e. The molecule has 6 nitrogen and oxygen atoms in total. The largest absolute Gasteiger partial charge is 0.368 e. The molecule has 4 saturated carbocycles. The van der Waals surface area contributed by atoms with Gasteiger partial charge in [-0.2, -0.15) is 10.1 Å². The van der Waals surface area contributed by atoms with Crippen LogP contribution in [0, 0.1) is 23.2 Å². The Bertz CT molecular complexity index is 518. The molecule has 6 heteroatoms. The molecular weight excluding hydrogens is 290 g/mol. The highest BCUT2D eigenvalue weighted by atomic mass is 16.7. The smallest absolute Gasteiger partial charge is 0.226 e. The Morgan fingerprint density at radius 1 is 1.09 bits per heavy atom. The molecule has 0 spiro atoms. The molecule has 4 N–H and O–H groups in total. The average Bonchev–Trinajstić information content (AvgIpc) is 2.39. The third-order valence-electron chi connectivity index (χ3n) is 6.34. The number of hydrogen-bond acceptors (Lipinski definition) is 6. The van der Waals surface area contributed by atoms with Gasteiger partial charge >= 0.3 is 0 Å². The Labute approximate surface area is 138 Å². The van der Waals surface area contributed by atoms with Crippen LogP contribution in [-0.4, -0.2) is 29.3 Å². The summed E-state index contributed by atoms with van der Waals surface area (Å²) in [7, 11) is 0. The number of nitrogens with zero attached hydrogens (tertiary/aromatic N) is 3. The molecule has 1 aliphatic heterocycles. The molecule has 5 aliphatic rings. The number of guanidine groups is 2. The second kappa shape index (κ2) is 5.10. The van der Waals surface area contributed by atoms with Gasteiger partial charge in [0.1, 0.15) is 0 Å². The third-order valence-corrected chi connectivity index (χ3v) is 6.34. The summed E-state index contributed by atoms with van der Waals surface area (Å²) in [5.41, 5.74) is 11.6. The van der Waals surface area contributed by atoms with Gasteiger partial charge in [0.2, 0.25) is 11.9 Å². The minimum absolute atomic E-state index is 0.216. The summed E-state index contributed by atoms with van der Waals surface area (Å²) in [6, 6.07) is 0. The number of hydrogen-bond donors (Lipinski definition) is 2. The Balaban J connectivity index is 1.38. The molecule has 0 aromatic carbocycles. The molecule has 4 fully saturated rings. The summed E-state index contributed by atoms with van der Waals surface area (Å²) < 4.78 is 0. The van der Waals surface area contributed by atoms with E-state index in [1.165, 1.54) is 38.5 Å². The molecule has 128 valence electrons. The van der Waals surface area contributed by atoms with E-state index in [2.05, 4.69) is 9.98 Å². The van der Waals surface area contributed by atoms with E-state index >= 15 is 0 Å². The molecule has 0 unspecified atom stereocenters. The van der Waals surface area contributed by atoms with Crippen LogP contribution in [0.25, 0.3) is 0 Å². The number of nitrogens with two attached hydrogens (primary N) is 2. The lowest BCUT2D eigenvalue weighted by atomic mass is 9.49. The van der Waals surface area contributed by atoms with E-state index in [0.717, 1.165) is 24.2 Å². The normalized spacial score (nSPS) is 41.0. The maximum absolute atomic E-state index is 6.01. The van der Waals surface area contributed by atoms with Crippen LogP contribution in [0.15, 0.2) is 9.98 Å². The Kier molecular flexibility index (Phi) is 3.38. The molecule has 23 heavy (non-hydrogen) atoms. The summed E-state index contributed by atoms with van der Waals surface area (Å²) in [6.45, 7) is 4.56. The molecule has 0 aromatic heterocycles. The predicted octanol–water partition coefficient (Wildman–Crippen LogP) is 2.21. The van der Waals surface area contributed by atoms with E-state index in [9.17, 15) is 0 Å². The van der Waals surface area contributed by atoms with Crippen molar-refractivity contribution in [3.63, 3.8) is 0 Å². The van der Waals surface area contributed by atoms with Crippen LogP contribution in [0.1, 0.15) is 58.8 Å². The van der Waals surface area contributed by atoms with E-state index in [1.807, 2.05) is 13.8 Å². The van der Waals surface area contributed by atoms with Gasteiger partial charge in [0.25, 0.3) is 0 Å². The minimum atomic E-state index is -0.600. The van der Waals surface area contributed by atoms with Gasteiger partial charge in [-0.25, -0.2) is 4.99 Å². The van der Waals surface area contributed by atoms with Gasteiger partial charge in [-0.3, -0.25) is 4.84 Å². The highest BCUT2D eigenvalue weighted by molar-refractivity contribution is 5.95. The zero-order valence-corrected chi connectivity index (χ0v) is 14.3. The summed E-state index contributed by atoms with van der Waals surface area (Å²) in [4.78, 5) is 14.4. The summed E-state index contributed by atoms with van der Waals surface area (Å²) >= 11 is 0. The molecule has 5 rings (SSSR count). The second-order valence-electron chi connectivity index (χ2n) is 8.73. The third kappa shape index (κ3) is 2.71. The number of hydroxylamine groups is 2. The number of rotatable bonds is 4. The number of aliphatic imine (C=N–C) groups is 2. The first-order valence-corrected chi connectivity index (χ1v) is 8.98.